The highest BCUT2D eigenvalue weighted by molar-refractivity contribution is 7.89. The minimum absolute atomic E-state index is 0.00661. The molecule has 3 aliphatic rings. The number of para-hydroxylation sites is 1. The number of benzene rings is 2. The van der Waals surface area contributed by atoms with Crippen LogP contribution in [0.4, 0.5) is 5.69 Å². The Morgan fingerprint density at radius 1 is 1.00 bits per heavy atom. The largest absolute Gasteiger partial charge is 0.507 e. The number of anilines is 1. The number of hydrogen-bond acceptors (Lipinski definition) is 8. The highest BCUT2D eigenvalue weighted by Crippen LogP contribution is 2.54. The van der Waals surface area contributed by atoms with Gasteiger partial charge in [0.2, 0.25) is 10.0 Å². The maximum Gasteiger partial charge on any atom is 0.296 e. The summed E-state index contributed by atoms with van der Waals surface area (Å²) in [7, 11) is -3.81. The van der Waals surface area contributed by atoms with Crippen LogP contribution in [0.5, 0.6) is 0 Å². The average Bonchev–Trinajstić information content (AvgIpc) is 3.40. The van der Waals surface area contributed by atoms with Crippen LogP contribution in [0.3, 0.4) is 0 Å². The number of aliphatic hydroxyl groups is 1. The van der Waals surface area contributed by atoms with Crippen molar-refractivity contribution in [2.24, 2.45) is 0 Å². The second-order valence-corrected chi connectivity index (χ2v) is 12.1. The van der Waals surface area contributed by atoms with E-state index >= 15 is 0 Å². The Morgan fingerprint density at radius 3 is 2.38 bits per heavy atom. The number of amides is 2. The zero-order chi connectivity index (χ0) is 29.6. The number of fused-ring (bicyclic) bond motifs is 2. The molecular weight excluding hydrogens is 560 g/mol. The first-order valence-electron chi connectivity index (χ1n) is 13.5. The lowest BCUT2D eigenvalue weighted by Gasteiger charge is -2.34. The summed E-state index contributed by atoms with van der Waals surface area (Å²) in [5, 5.41) is 11.7. The lowest BCUT2D eigenvalue weighted by Crippen LogP contribution is -2.51. The summed E-state index contributed by atoms with van der Waals surface area (Å²) >= 11 is 0. The first-order valence-corrected chi connectivity index (χ1v) is 15.0. The monoisotopic (exact) mass is 588 g/mol. The summed E-state index contributed by atoms with van der Waals surface area (Å²) in [4.78, 5) is 48.6. The maximum absolute atomic E-state index is 14.3. The Labute approximate surface area is 242 Å². The molecule has 0 saturated carbocycles. The molecule has 0 bridgehead atoms. The van der Waals surface area contributed by atoms with Gasteiger partial charge in [0.15, 0.2) is 5.54 Å². The van der Waals surface area contributed by atoms with E-state index in [1.54, 1.807) is 55.7 Å². The number of hydrogen-bond donors (Lipinski definition) is 1. The molecule has 2 fully saturated rings. The average molecular weight is 589 g/mol. The van der Waals surface area contributed by atoms with Gasteiger partial charge < -0.3 is 19.6 Å². The van der Waals surface area contributed by atoms with Gasteiger partial charge in [0.1, 0.15) is 5.76 Å². The van der Waals surface area contributed by atoms with Crippen molar-refractivity contribution in [3.8, 4) is 0 Å². The van der Waals surface area contributed by atoms with Crippen LogP contribution in [-0.2, 0) is 41.2 Å². The van der Waals surface area contributed by atoms with Gasteiger partial charge in [0, 0.05) is 49.7 Å². The van der Waals surface area contributed by atoms with Gasteiger partial charge >= 0.3 is 0 Å². The third-order valence-electron chi connectivity index (χ3n) is 7.92. The summed E-state index contributed by atoms with van der Waals surface area (Å²) in [6.45, 7) is 2.98. The van der Waals surface area contributed by atoms with Gasteiger partial charge in [-0.1, -0.05) is 24.3 Å². The van der Waals surface area contributed by atoms with Crippen molar-refractivity contribution in [3.05, 3.63) is 95.3 Å². The van der Waals surface area contributed by atoms with Crippen molar-refractivity contribution in [2.75, 3.05) is 37.7 Å². The number of Topliss-reactive ketones (excluding diaryl/α,β-unsaturated/α-hetero) is 1. The number of rotatable bonds is 6. The number of likely N-dealkylation sites (tertiary alicyclic amines) is 1. The molecule has 1 unspecified atom stereocenters. The SMILES string of the molecule is CCN1C(=O)C2(/C(=C(/O)c3ccc(S(=O)(=O)N4CCOCC4)cc3)C(=O)C(=O)N2Cc2cccnc2)c2ccccc21. The van der Waals surface area contributed by atoms with Crippen LogP contribution < -0.4 is 4.90 Å². The van der Waals surface area contributed by atoms with Gasteiger partial charge in [-0.2, -0.15) is 4.31 Å². The molecule has 42 heavy (non-hydrogen) atoms. The predicted molar refractivity (Wildman–Crippen MR) is 152 cm³/mol. The number of carbonyl (C=O) groups excluding carboxylic acids is 3. The number of likely N-dealkylation sites (N-methyl/N-ethyl adjacent to an activating group) is 1. The molecule has 11 nitrogen and oxygen atoms in total. The number of aromatic nitrogens is 1. The van der Waals surface area contributed by atoms with E-state index in [0.717, 1.165) is 0 Å². The molecule has 2 aromatic carbocycles. The molecule has 1 aromatic heterocycles. The molecule has 1 spiro atoms. The number of ketones is 1. The van der Waals surface area contributed by atoms with E-state index in [1.165, 1.54) is 38.4 Å². The van der Waals surface area contributed by atoms with Crippen LogP contribution in [-0.4, -0.2) is 78.2 Å². The van der Waals surface area contributed by atoms with E-state index in [0.29, 0.717) is 30.0 Å². The van der Waals surface area contributed by atoms with Crippen molar-refractivity contribution in [1.82, 2.24) is 14.2 Å². The summed E-state index contributed by atoms with van der Waals surface area (Å²) in [5.41, 5.74) is -0.687. The molecule has 1 N–H and O–H groups in total. The summed E-state index contributed by atoms with van der Waals surface area (Å²) in [6, 6.07) is 15.7. The minimum Gasteiger partial charge on any atom is -0.507 e. The van der Waals surface area contributed by atoms with E-state index < -0.39 is 38.9 Å². The number of carbonyl (C=O) groups is 3. The molecule has 2 saturated heterocycles. The molecule has 3 aliphatic heterocycles. The molecule has 6 rings (SSSR count). The van der Waals surface area contributed by atoms with Gasteiger partial charge in [0.25, 0.3) is 17.6 Å². The molecule has 3 aromatic rings. The lowest BCUT2D eigenvalue weighted by molar-refractivity contribution is -0.144. The molecule has 12 heteroatoms. The van der Waals surface area contributed by atoms with E-state index in [9.17, 15) is 27.9 Å². The van der Waals surface area contributed by atoms with Crippen LogP contribution in [0, 0.1) is 0 Å². The topological polar surface area (TPSA) is 137 Å². The summed E-state index contributed by atoms with van der Waals surface area (Å²) in [5.74, 6) is -3.06. The molecule has 0 radical (unpaired) electrons. The number of pyridine rings is 1. The first-order chi connectivity index (χ1) is 20.2. The van der Waals surface area contributed by atoms with Crippen molar-refractivity contribution < 1.29 is 32.6 Å². The standard InChI is InChI=1S/C30H28N4O7S/c1-2-33-24-8-4-3-7-23(24)30(29(33)38)25(27(36)28(37)34(30)19-20-6-5-13-31-18-20)26(35)21-9-11-22(12-10-21)42(39,40)32-14-16-41-17-15-32/h3-13,18,35H,2,14-17,19H2,1H3/b26-25+. The maximum atomic E-state index is 14.3. The van der Waals surface area contributed by atoms with Crippen LogP contribution in [0.25, 0.3) is 5.76 Å². The van der Waals surface area contributed by atoms with Crippen LogP contribution in [0.15, 0.2) is 83.5 Å². The highest BCUT2D eigenvalue weighted by atomic mass is 32.2. The molecule has 2 amide bonds. The quantitative estimate of drug-likeness (QED) is 0.263. The summed E-state index contributed by atoms with van der Waals surface area (Å²) in [6.07, 6.45) is 3.12. The van der Waals surface area contributed by atoms with Gasteiger partial charge in [-0.05, 0) is 48.9 Å². The van der Waals surface area contributed by atoms with E-state index in [-0.39, 0.29) is 42.2 Å². The third kappa shape index (κ3) is 4.05. The number of ether oxygens (including phenoxy) is 1. The minimum atomic E-state index is -3.81. The van der Waals surface area contributed by atoms with Crippen LogP contribution in [0.1, 0.15) is 23.6 Å². The second-order valence-electron chi connectivity index (χ2n) is 10.1. The van der Waals surface area contributed by atoms with Crippen molar-refractivity contribution in [1.29, 1.82) is 0 Å². The number of nitrogens with zero attached hydrogens (tertiary/aromatic N) is 4. The second kappa shape index (κ2) is 10.5. The number of aliphatic hydroxyl groups excluding tert-OH is 1. The molecule has 1 atom stereocenters. The van der Waals surface area contributed by atoms with Crippen LogP contribution >= 0.6 is 0 Å². The van der Waals surface area contributed by atoms with Crippen LogP contribution in [0.2, 0.25) is 0 Å². The Balaban J connectivity index is 1.52. The van der Waals surface area contributed by atoms with Crippen molar-refractivity contribution >= 4 is 39.1 Å². The normalized spacial score (nSPS) is 22.3. The molecular formula is C30H28N4O7S. The lowest BCUT2D eigenvalue weighted by atomic mass is 9.81. The molecule has 216 valence electrons. The van der Waals surface area contributed by atoms with Gasteiger partial charge in [-0.15, -0.1) is 0 Å². The fourth-order valence-corrected chi connectivity index (χ4v) is 7.35. The highest BCUT2D eigenvalue weighted by Gasteiger charge is 2.67. The number of morpholine rings is 1. The van der Waals surface area contributed by atoms with E-state index in [2.05, 4.69) is 4.98 Å². The van der Waals surface area contributed by atoms with E-state index in [4.69, 9.17) is 4.74 Å². The zero-order valence-corrected chi connectivity index (χ0v) is 23.6. The predicted octanol–water partition coefficient (Wildman–Crippen LogP) is 2.25. The molecule has 4 heterocycles. The first kappa shape index (κ1) is 27.8. The smallest absolute Gasteiger partial charge is 0.296 e. The van der Waals surface area contributed by atoms with E-state index in [1.807, 2.05) is 0 Å². The van der Waals surface area contributed by atoms with Gasteiger partial charge in [0.05, 0.1) is 29.4 Å². The van der Waals surface area contributed by atoms with Crippen molar-refractivity contribution in [3.63, 3.8) is 0 Å². The number of sulfonamides is 1. The third-order valence-corrected chi connectivity index (χ3v) is 9.84. The Hall–Kier alpha value is -4.39. The Bertz CT molecular complexity index is 1720. The van der Waals surface area contributed by atoms with Gasteiger partial charge in [-0.3, -0.25) is 19.4 Å². The van der Waals surface area contributed by atoms with Crippen molar-refractivity contribution in [2.45, 2.75) is 23.9 Å². The van der Waals surface area contributed by atoms with Gasteiger partial charge in [-0.25, -0.2) is 8.42 Å². The fraction of sp³-hybridized carbons (Fsp3) is 0.267. The summed E-state index contributed by atoms with van der Waals surface area (Å²) < 4.78 is 32.8. The Morgan fingerprint density at radius 2 is 1.71 bits per heavy atom. The fourth-order valence-electron chi connectivity index (χ4n) is 5.94. The molecule has 0 aliphatic carbocycles. The Kier molecular flexibility index (Phi) is 6.92. The zero-order valence-electron chi connectivity index (χ0n) is 22.8.